The summed E-state index contributed by atoms with van der Waals surface area (Å²) < 4.78 is 23.4. The fourth-order valence-corrected chi connectivity index (χ4v) is 3.41. The molecule has 146 valence electrons. The number of carbonyl (C=O) groups excluding carboxylic acids is 2. The topological polar surface area (TPSA) is 125 Å². The maximum absolute atomic E-state index is 13.1. The van der Waals surface area contributed by atoms with Crippen molar-refractivity contribution in [2.24, 2.45) is 0 Å². The SMILES string of the molecule is CC(=O)Nc1nonc1N1C(=N)SC(=Cc2ccc(-c3ccc(F)cc3)o2)C1=O. The average Bonchev–Trinajstić information content (AvgIpc) is 3.37. The number of aromatic nitrogens is 2. The number of thioether (sulfide) groups is 1. The number of hydrogen-bond acceptors (Lipinski definition) is 8. The Kier molecular flexibility index (Phi) is 4.72. The molecule has 1 aliphatic heterocycles. The molecule has 0 saturated carbocycles. The van der Waals surface area contributed by atoms with Crippen LogP contribution in [0.25, 0.3) is 17.4 Å². The first-order valence-electron chi connectivity index (χ1n) is 8.21. The van der Waals surface area contributed by atoms with Crippen molar-refractivity contribution >= 4 is 46.5 Å². The zero-order chi connectivity index (χ0) is 20.5. The normalized spacial score (nSPS) is 15.4. The van der Waals surface area contributed by atoms with Crippen molar-refractivity contribution in [2.75, 3.05) is 10.2 Å². The Morgan fingerprint density at radius 3 is 2.72 bits per heavy atom. The number of amides is 2. The first-order valence-corrected chi connectivity index (χ1v) is 9.02. The predicted molar refractivity (Wildman–Crippen MR) is 103 cm³/mol. The smallest absolute Gasteiger partial charge is 0.272 e. The summed E-state index contributed by atoms with van der Waals surface area (Å²) in [5.41, 5.74) is 0.685. The van der Waals surface area contributed by atoms with E-state index in [1.54, 1.807) is 24.3 Å². The van der Waals surface area contributed by atoms with E-state index in [9.17, 15) is 14.0 Å². The van der Waals surface area contributed by atoms with Crippen LogP contribution in [0.1, 0.15) is 12.7 Å². The molecule has 1 saturated heterocycles. The van der Waals surface area contributed by atoms with Gasteiger partial charge < -0.3 is 9.73 Å². The van der Waals surface area contributed by atoms with E-state index in [1.807, 2.05) is 0 Å². The third kappa shape index (κ3) is 3.67. The Labute approximate surface area is 167 Å². The van der Waals surface area contributed by atoms with E-state index >= 15 is 0 Å². The summed E-state index contributed by atoms with van der Waals surface area (Å²) in [7, 11) is 0. The van der Waals surface area contributed by atoms with Crippen molar-refractivity contribution in [3.63, 3.8) is 0 Å². The first-order chi connectivity index (χ1) is 13.9. The molecule has 2 aromatic heterocycles. The molecular formula is C18H12FN5O4S. The number of anilines is 2. The number of furan rings is 1. The molecule has 4 rings (SSSR count). The second-order valence-electron chi connectivity index (χ2n) is 5.88. The van der Waals surface area contributed by atoms with Crippen LogP contribution >= 0.6 is 11.8 Å². The molecule has 1 aromatic carbocycles. The van der Waals surface area contributed by atoms with Crippen LogP contribution < -0.4 is 10.2 Å². The standard InChI is InChI=1S/C18H12FN5O4S/c1-9(25)21-15-16(23-28-22-15)24-17(26)14(29-18(24)20)8-12-6-7-13(27-12)10-2-4-11(19)5-3-10/h2-8,20H,1H3,(H,21,22,25). The Balaban J connectivity index is 1.59. The van der Waals surface area contributed by atoms with Crippen LogP contribution in [0.15, 0.2) is 50.3 Å². The lowest BCUT2D eigenvalue weighted by molar-refractivity contribution is -0.114. The van der Waals surface area contributed by atoms with E-state index < -0.39 is 11.8 Å². The highest BCUT2D eigenvalue weighted by atomic mass is 32.2. The van der Waals surface area contributed by atoms with Crippen LogP contribution in [-0.2, 0) is 9.59 Å². The van der Waals surface area contributed by atoms with E-state index in [0.29, 0.717) is 17.1 Å². The van der Waals surface area contributed by atoms with Gasteiger partial charge in [0.2, 0.25) is 17.5 Å². The predicted octanol–water partition coefficient (Wildman–Crippen LogP) is 3.48. The lowest BCUT2D eigenvalue weighted by Crippen LogP contribution is -2.29. The van der Waals surface area contributed by atoms with E-state index in [0.717, 1.165) is 16.7 Å². The van der Waals surface area contributed by atoms with Gasteiger partial charge in [-0.05, 0) is 58.5 Å². The first kappa shape index (κ1) is 18.6. The third-order valence-corrected chi connectivity index (χ3v) is 4.72. The summed E-state index contributed by atoms with van der Waals surface area (Å²) in [5.74, 6) is -0.570. The summed E-state index contributed by atoms with van der Waals surface area (Å²) in [6.45, 7) is 1.27. The minimum Gasteiger partial charge on any atom is -0.457 e. The number of nitrogens with one attached hydrogen (secondary N) is 2. The molecule has 0 spiro atoms. The fourth-order valence-electron chi connectivity index (χ4n) is 2.58. The zero-order valence-electron chi connectivity index (χ0n) is 14.8. The minimum atomic E-state index is -0.540. The van der Waals surface area contributed by atoms with Gasteiger partial charge in [-0.25, -0.2) is 13.9 Å². The largest absolute Gasteiger partial charge is 0.457 e. The number of amidine groups is 1. The highest BCUT2D eigenvalue weighted by molar-refractivity contribution is 8.19. The molecule has 0 aliphatic carbocycles. The van der Waals surface area contributed by atoms with Gasteiger partial charge in [0, 0.05) is 18.6 Å². The Morgan fingerprint density at radius 2 is 2.00 bits per heavy atom. The molecular weight excluding hydrogens is 401 g/mol. The van der Waals surface area contributed by atoms with Gasteiger partial charge in [-0.15, -0.1) is 0 Å². The van der Waals surface area contributed by atoms with Gasteiger partial charge in [0.25, 0.3) is 5.91 Å². The van der Waals surface area contributed by atoms with Gasteiger partial charge in [0.05, 0.1) is 4.91 Å². The van der Waals surface area contributed by atoms with E-state index in [2.05, 4.69) is 20.3 Å². The molecule has 11 heteroatoms. The molecule has 0 unspecified atom stereocenters. The van der Waals surface area contributed by atoms with Crippen molar-refractivity contribution in [3.8, 4) is 11.3 Å². The molecule has 3 heterocycles. The minimum absolute atomic E-state index is 0.0611. The lowest BCUT2D eigenvalue weighted by Gasteiger charge is -2.10. The summed E-state index contributed by atoms with van der Waals surface area (Å²) >= 11 is 0.899. The van der Waals surface area contributed by atoms with E-state index in [-0.39, 0.29) is 27.5 Å². The van der Waals surface area contributed by atoms with Crippen LogP contribution in [0.3, 0.4) is 0 Å². The summed E-state index contributed by atoms with van der Waals surface area (Å²) in [6, 6.07) is 9.17. The van der Waals surface area contributed by atoms with Crippen molar-refractivity contribution in [1.29, 1.82) is 5.41 Å². The van der Waals surface area contributed by atoms with Crippen LogP contribution in [0.5, 0.6) is 0 Å². The summed E-state index contributed by atoms with van der Waals surface area (Å²) in [6.07, 6.45) is 1.49. The van der Waals surface area contributed by atoms with Crippen molar-refractivity contribution < 1.29 is 23.0 Å². The Bertz CT molecular complexity index is 1150. The van der Waals surface area contributed by atoms with Gasteiger partial charge in [-0.3, -0.25) is 15.0 Å². The number of rotatable bonds is 4. The van der Waals surface area contributed by atoms with Gasteiger partial charge in [0.15, 0.2) is 5.17 Å². The van der Waals surface area contributed by atoms with Crippen molar-refractivity contribution in [2.45, 2.75) is 6.92 Å². The van der Waals surface area contributed by atoms with Gasteiger partial charge in [0.1, 0.15) is 17.3 Å². The van der Waals surface area contributed by atoms with Crippen molar-refractivity contribution in [3.05, 3.63) is 52.9 Å². The van der Waals surface area contributed by atoms with E-state index in [1.165, 1.54) is 25.1 Å². The number of nitrogens with zero attached hydrogens (tertiary/aromatic N) is 3. The zero-order valence-corrected chi connectivity index (χ0v) is 15.6. The average molecular weight is 413 g/mol. The van der Waals surface area contributed by atoms with Crippen LogP contribution in [-0.4, -0.2) is 27.3 Å². The van der Waals surface area contributed by atoms with E-state index in [4.69, 9.17) is 9.83 Å². The number of benzene rings is 1. The Hall–Kier alpha value is -3.73. The van der Waals surface area contributed by atoms with Crippen molar-refractivity contribution in [1.82, 2.24) is 10.3 Å². The molecule has 0 atom stereocenters. The molecule has 29 heavy (non-hydrogen) atoms. The molecule has 3 aromatic rings. The maximum Gasteiger partial charge on any atom is 0.272 e. The van der Waals surface area contributed by atoms with Gasteiger partial charge in [-0.1, -0.05) is 0 Å². The number of carbonyl (C=O) groups is 2. The van der Waals surface area contributed by atoms with Crippen LogP contribution in [0.4, 0.5) is 16.0 Å². The molecule has 0 bridgehead atoms. The molecule has 2 amide bonds. The van der Waals surface area contributed by atoms with Gasteiger partial charge in [-0.2, -0.15) is 0 Å². The van der Waals surface area contributed by atoms with Crippen LogP contribution in [0, 0.1) is 11.2 Å². The number of hydrogen-bond donors (Lipinski definition) is 2. The van der Waals surface area contributed by atoms with Gasteiger partial charge >= 0.3 is 0 Å². The lowest BCUT2D eigenvalue weighted by atomic mass is 10.2. The molecule has 1 aliphatic rings. The monoisotopic (exact) mass is 413 g/mol. The maximum atomic E-state index is 13.1. The molecule has 1 fully saturated rings. The second-order valence-corrected chi connectivity index (χ2v) is 6.91. The Morgan fingerprint density at radius 1 is 1.24 bits per heavy atom. The summed E-state index contributed by atoms with van der Waals surface area (Å²) in [5, 5.41) is 17.5. The number of halogens is 1. The molecule has 0 radical (unpaired) electrons. The molecule has 2 N–H and O–H groups in total. The highest BCUT2D eigenvalue weighted by Crippen LogP contribution is 2.37. The third-order valence-electron chi connectivity index (χ3n) is 3.83. The summed E-state index contributed by atoms with van der Waals surface area (Å²) in [4.78, 5) is 25.2. The fraction of sp³-hybridized carbons (Fsp3) is 0.0556. The second kappa shape index (κ2) is 7.36. The molecule has 9 nitrogen and oxygen atoms in total. The van der Waals surface area contributed by atoms with Crippen LogP contribution in [0.2, 0.25) is 0 Å². The highest BCUT2D eigenvalue weighted by Gasteiger charge is 2.38. The quantitative estimate of drug-likeness (QED) is 0.627.